The van der Waals surface area contributed by atoms with Gasteiger partial charge in [0.05, 0.1) is 6.61 Å². The summed E-state index contributed by atoms with van der Waals surface area (Å²) in [7, 11) is -3.39. The maximum absolute atomic E-state index is 14.6. The predicted molar refractivity (Wildman–Crippen MR) is 114 cm³/mol. The van der Waals surface area contributed by atoms with Crippen molar-refractivity contribution >= 4 is 15.7 Å². The summed E-state index contributed by atoms with van der Waals surface area (Å²) in [4.78, 5) is 14.1. The zero-order valence-electron chi connectivity index (χ0n) is 17.6. The summed E-state index contributed by atoms with van der Waals surface area (Å²) in [5.74, 6) is 0.102. The van der Waals surface area contributed by atoms with Crippen molar-refractivity contribution in [3.8, 4) is 22.6 Å². The molecule has 8 heteroatoms. The van der Waals surface area contributed by atoms with E-state index in [1.807, 2.05) is 18.7 Å². The molecule has 0 radical (unpaired) electrons. The first-order valence-electron chi connectivity index (χ1n) is 10.5. The number of hydrogen-bond donors (Lipinski definition) is 0. The molecule has 166 valence electrons. The van der Waals surface area contributed by atoms with Gasteiger partial charge in [-0.05, 0) is 54.2 Å². The molecule has 0 atom stereocenters. The molecule has 1 amide bonds. The third-order valence-corrected chi connectivity index (χ3v) is 7.24. The Morgan fingerprint density at radius 3 is 2.52 bits per heavy atom. The lowest BCUT2D eigenvalue weighted by Crippen LogP contribution is -2.41. The predicted octanol–water partition coefficient (Wildman–Crippen LogP) is 3.89. The van der Waals surface area contributed by atoms with Crippen molar-refractivity contribution in [1.82, 2.24) is 4.90 Å². The lowest BCUT2D eigenvalue weighted by molar-refractivity contribution is -0.136. The minimum Gasteiger partial charge on any atom is -0.490 e. The molecule has 1 fully saturated rings. The van der Waals surface area contributed by atoms with Crippen LogP contribution in [0.2, 0.25) is 0 Å². The van der Waals surface area contributed by atoms with Crippen LogP contribution in [-0.2, 0) is 14.6 Å². The Bertz CT molecular complexity index is 1090. The molecular formula is C23H26FNO5S. The first kappa shape index (κ1) is 21.6. The first-order chi connectivity index (χ1) is 14.7. The van der Waals surface area contributed by atoms with Crippen LogP contribution in [0.5, 0.6) is 11.5 Å². The third kappa shape index (κ3) is 4.54. The maximum atomic E-state index is 14.6. The number of rotatable bonds is 5. The van der Waals surface area contributed by atoms with Gasteiger partial charge >= 0.3 is 0 Å². The lowest BCUT2D eigenvalue weighted by atomic mass is 9.97. The van der Waals surface area contributed by atoms with Gasteiger partial charge in [-0.25, -0.2) is 12.8 Å². The molecule has 0 aromatic heterocycles. The number of sulfone groups is 1. The molecule has 0 unspecified atom stereocenters. The quantitative estimate of drug-likeness (QED) is 0.695. The standard InChI is InChI=1S/C23H26FNO5S/c1-15(2)23(26)25-9-7-16(8-10-25)13-29-20-5-3-17(11-19(20)24)18-4-6-22-21(12-18)30-14-31(22,27)28/h3-6,11-12,15-16H,7-10,13-14H2,1-2H3. The molecule has 6 nitrogen and oxygen atoms in total. The summed E-state index contributed by atoms with van der Waals surface area (Å²) < 4.78 is 49.3. The van der Waals surface area contributed by atoms with Gasteiger partial charge in [0.1, 0.15) is 10.6 Å². The molecule has 2 aromatic rings. The van der Waals surface area contributed by atoms with Crippen molar-refractivity contribution in [3.05, 3.63) is 42.2 Å². The zero-order chi connectivity index (χ0) is 22.2. The second kappa shape index (κ2) is 8.49. The fourth-order valence-electron chi connectivity index (χ4n) is 3.95. The van der Waals surface area contributed by atoms with E-state index >= 15 is 0 Å². The number of benzene rings is 2. The summed E-state index contributed by atoms with van der Waals surface area (Å²) in [6.45, 7) is 5.64. The molecule has 0 spiro atoms. The molecule has 2 aromatic carbocycles. The van der Waals surface area contributed by atoms with Gasteiger partial charge in [-0.2, -0.15) is 0 Å². The molecule has 4 rings (SSSR count). The molecule has 0 aliphatic carbocycles. The molecule has 0 bridgehead atoms. The van der Waals surface area contributed by atoms with Gasteiger partial charge in [-0.1, -0.05) is 26.0 Å². The van der Waals surface area contributed by atoms with Gasteiger partial charge in [0, 0.05) is 19.0 Å². The number of halogens is 1. The Balaban J connectivity index is 1.37. The number of likely N-dealkylation sites (tertiary alicyclic amines) is 1. The van der Waals surface area contributed by atoms with E-state index in [4.69, 9.17) is 9.47 Å². The summed E-state index contributed by atoms with van der Waals surface area (Å²) in [5, 5.41) is 0. The lowest BCUT2D eigenvalue weighted by Gasteiger charge is -2.33. The number of piperidine rings is 1. The molecule has 31 heavy (non-hydrogen) atoms. The highest BCUT2D eigenvalue weighted by Gasteiger charge is 2.28. The SMILES string of the molecule is CC(C)C(=O)N1CCC(COc2ccc(-c3ccc4c(c3)OCS4(=O)=O)cc2F)CC1. The monoisotopic (exact) mass is 447 g/mol. The molecule has 2 aliphatic heterocycles. The van der Waals surface area contributed by atoms with E-state index in [-0.39, 0.29) is 34.3 Å². The average molecular weight is 448 g/mol. The minimum atomic E-state index is -3.39. The number of carbonyl (C=O) groups is 1. The Morgan fingerprint density at radius 2 is 1.84 bits per heavy atom. The Labute approximate surface area is 181 Å². The van der Waals surface area contributed by atoms with Gasteiger partial charge in [0.2, 0.25) is 15.7 Å². The van der Waals surface area contributed by atoms with E-state index in [0.717, 1.165) is 12.8 Å². The van der Waals surface area contributed by atoms with Crippen LogP contribution in [0.1, 0.15) is 26.7 Å². The molecule has 0 N–H and O–H groups in total. The van der Waals surface area contributed by atoms with E-state index in [9.17, 15) is 17.6 Å². The zero-order valence-corrected chi connectivity index (χ0v) is 18.5. The van der Waals surface area contributed by atoms with Crippen molar-refractivity contribution < 1.29 is 27.1 Å². The molecular weight excluding hydrogens is 421 g/mol. The average Bonchev–Trinajstić information content (AvgIpc) is 3.06. The minimum absolute atomic E-state index is 0.00190. The highest BCUT2D eigenvalue weighted by molar-refractivity contribution is 7.91. The number of carbonyl (C=O) groups excluding carboxylic acids is 1. The molecule has 0 saturated carbocycles. The van der Waals surface area contributed by atoms with Gasteiger partial charge < -0.3 is 14.4 Å². The fourth-order valence-corrected chi connectivity index (χ4v) is 5.06. The summed E-state index contributed by atoms with van der Waals surface area (Å²) in [6, 6.07) is 9.46. The van der Waals surface area contributed by atoms with Gasteiger partial charge in [-0.15, -0.1) is 0 Å². The van der Waals surface area contributed by atoms with Crippen LogP contribution < -0.4 is 9.47 Å². The van der Waals surface area contributed by atoms with Gasteiger partial charge in [0.25, 0.3) is 0 Å². The fraction of sp³-hybridized carbons (Fsp3) is 0.435. The van der Waals surface area contributed by atoms with Gasteiger partial charge in [-0.3, -0.25) is 4.79 Å². The van der Waals surface area contributed by atoms with E-state index in [0.29, 0.717) is 36.6 Å². The van der Waals surface area contributed by atoms with Crippen molar-refractivity contribution in [2.45, 2.75) is 31.6 Å². The Kier molecular flexibility index (Phi) is 5.92. The van der Waals surface area contributed by atoms with Crippen molar-refractivity contribution in [3.63, 3.8) is 0 Å². The van der Waals surface area contributed by atoms with Crippen LogP contribution in [0.4, 0.5) is 4.39 Å². The maximum Gasteiger partial charge on any atom is 0.225 e. The second-order valence-electron chi connectivity index (χ2n) is 8.42. The van der Waals surface area contributed by atoms with Crippen molar-refractivity contribution in [2.75, 3.05) is 25.6 Å². The molecule has 1 saturated heterocycles. The highest BCUT2D eigenvalue weighted by atomic mass is 32.2. The Morgan fingerprint density at radius 1 is 1.16 bits per heavy atom. The van der Waals surface area contributed by atoms with Crippen LogP contribution in [0.3, 0.4) is 0 Å². The normalized spacial score (nSPS) is 18.0. The Hall–Kier alpha value is -2.61. The summed E-state index contributed by atoms with van der Waals surface area (Å²) >= 11 is 0. The smallest absolute Gasteiger partial charge is 0.225 e. The number of fused-ring (bicyclic) bond motifs is 1. The second-order valence-corrected chi connectivity index (χ2v) is 10.3. The molecule has 2 aliphatic rings. The molecule has 2 heterocycles. The number of ether oxygens (including phenoxy) is 2. The van der Waals surface area contributed by atoms with Crippen LogP contribution in [-0.4, -0.2) is 44.9 Å². The third-order valence-electron chi connectivity index (χ3n) is 5.81. The van der Waals surface area contributed by atoms with Crippen LogP contribution >= 0.6 is 0 Å². The first-order valence-corrected chi connectivity index (χ1v) is 12.1. The number of amides is 1. The topological polar surface area (TPSA) is 72.9 Å². The largest absolute Gasteiger partial charge is 0.490 e. The number of hydrogen-bond acceptors (Lipinski definition) is 5. The van der Waals surface area contributed by atoms with E-state index in [1.165, 1.54) is 12.1 Å². The van der Waals surface area contributed by atoms with Crippen molar-refractivity contribution in [2.24, 2.45) is 11.8 Å². The van der Waals surface area contributed by atoms with E-state index < -0.39 is 15.7 Å². The van der Waals surface area contributed by atoms with Crippen LogP contribution in [0.25, 0.3) is 11.1 Å². The highest BCUT2D eigenvalue weighted by Crippen LogP contribution is 2.36. The van der Waals surface area contributed by atoms with Gasteiger partial charge in [0.15, 0.2) is 17.5 Å². The van der Waals surface area contributed by atoms with Crippen LogP contribution in [0, 0.1) is 17.7 Å². The van der Waals surface area contributed by atoms with Crippen LogP contribution in [0.15, 0.2) is 41.3 Å². The van der Waals surface area contributed by atoms with E-state index in [1.54, 1.807) is 24.3 Å². The summed E-state index contributed by atoms with van der Waals surface area (Å²) in [6.07, 6.45) is 1.69. The number of nitrogens with zero attached hydrogens (tertiary/aromatic N) is 1. The van der Waals surface area contributed by atoms with Crippen molar-refractivity contribution in [1.29, 1.82) is 0 Å². The summed E-state index contributed by atoms with van der Waals surface area (Å²) in [5.41, 5.74) is 1.28. The van der Waals surface area contributed by atoms with E-state index in [2.05, 4.69) is 0 Å².